The van der Waals surface area contributed by atoms with E-state index in [0.717, 1.165) is 12.3 Å². The highest BCUT2D eigenvalue weighted by atomic mass is 31.2. The molecule has 2 fully saturated rings. The largest absolute Gasteiger partial charge is 0.333 e. The molecular formula is C11H21O3P. The fourth-order valence-corrected chi connectivity index (χ4v) is 5.71. The van der Waals surface area contributed by atoms with Crippen LogP contribution in [0.2, 0.25) is 0 Å². The van der Waals surface area contributed by atoms with E-state index >= 15 is 0 Å². The fourth-order valence-electron chi connectivity index (χ4n) is 3.19. The van der Waals surface area contributed by atoms with Crippen molar-refractivity contribution in [1.29, 1.82) is 0 Å². The zero-order valence-corrected chi connectivity index (χ0v) is 10.5. The molecule has 0 amide bonds. The van der Waals surface area contributed by atoms with E-state index in [2.05, 4.69) is 0 Å². The first-order valence-corrected chi connectivity index (χ1v) is 7.69. The first-order chi connectivity index (χ1) is 7.19. The van der Waals surface area contributed by atoms with Gasteiger partial charge in [0.2, 0.25) is 0 Å². The Hall–Kier alpha value is 0.150. The first kappa shape index (κ1) is 11.6. The van der Waals surface area contributed by atoms with Crippen molar-refractivity contribution in [3.8, 4) is 0 Å². The normalized spacial score (nSPS) is 34.9. The topological polar surface area (TPSA) is 35.5 Å². The van der Waals surface area contributed by atoms with Gasteiger partial charge >= 0.3 is 7.60 Å². The van der Waals surface area contributed by atoms with Crippen molar-refractivity contribution < 1.29 is 13.6 Å². The van der Waals surface area contributed by atoms with Gasteiger partial charge in [-0.1, -0.05) is 6.42 Å². The minimum absolute atomic E-state index is 0.191. The lowest BCUT2D eigenvalue weighted by atomic mass is 10.0. The summed E-state index contributed by atoms with van der Waals surface area (Å²) in [5.41, 5.74) is 0.191. The fraction of sp³-hybridized carbons (Fsp3) is 1.00. The van der Waals surface area contributed by atoms with Gasteiger partial charge in [0, 0.05) is 0 Å². The van der Waals surface area contributed by atoms with Gasteiger partial charge in [-0.25, -0.2) is 0 Å². The van der Waals surface area contributed by atoms with Crippen molar-refractivity contribution in [3.05, 3.63) is 0 Å². The summed E-state index contributed by atoms with van der Waals surface area (Å²) in [4.78, 5) is 0. The molecule has 2 aliphatic carbocycles. The van der Waals surface area contributed by atoms with Gasteiger partial charge in [0.25, 0.3) is 0 Å². The lowest BCUT2D eigenvalue weighted by molar-refractivity contribution is 0.203. The summed E-state index contributed by atoms with van der Waals surface area (Å²) in [7, 11) is -2.81. The molecule has 2 bridgehead atoms. The van der Waals surface area contributed by atoms with Crippen LogP contribution in [-0.2, 0) is 13.6 Å². The molecule has 0 N–H and O–H groups in total. The standard InChI is InChI=1S/C11H21O3P/c1-3-13-15(12,14-4-2)11-8-9-5-6-10(11)7-9/h9-11H,3-8H2,1-2H3. The number of hydrogen-bond donors (Lipinski definition) is 0. The Bertz CT molecular complexity index is 257. The van der Waals surface area contributed by atoms with Crippen LogP contribution in [-0.4, -0.2) is 18.9 Å². The van der Waals surface area contributed by atoms with Gasteiger partial charge in [-0.2, -0.15) is 0 Å². The van der Waals surface area contributed by atoms with Crippen LogP contribution < -0.4 is 0 Å². The third-order valence-electron chi connectivity index (χ3n) is 3.73. The molecule has 88 valence electrons. The summed E-state index contributed by atoms with van der Waals surface area (Å²) < 4.78 is 23.4. The summed E-state index contributed by atoms with van der Waals surface area (Å²) in [5, 5.41) is 0. The summed E-state index contributed by atoms with van der Waals surface area (Å²) in [6.07, 6.45) is 4.84. The Balaban J connectivity index is 2.08. The van der Waals surface area contributed by atoms with E-state index in [0.29, 0.717) is 19.1 Å². The molecule has 2 aliphatic rings. The minimum Gasteiger partial charge on any atom is -0.309 e. The molecule has 0 aliphatic heterocycles. The highest BCUT2D eigenvalue weighted by molar-refractivity contribution is 7.54. The highest BCUT2D eigenvalue weighted by Gasteiger charge is 2.50. The number of fused-ring (bicyclic) bond motifs is 2. The average Bonchev–Trinajstić information content (AvgIpc) is 2.79. The molecule has 4 heteroatoms. The lowest BCUT2D eigenvalue weighted by Crippen LogP contribution is -2.20. The van der Waals surface area contributed by atoms with Crippen molar-refractivity contribution >= 4 is 7.60 Å². The van der Waals surface area contributed by atoms with E-state index in [-0.39, 0.29) is 5.66 Å². The van der Waals surface area contributed by atoms with Crippen molar-refractivity contribution in [3.63, 3.8) is 0 Å². The van der Waals surface area contributed by atoms with E-state index in [1.54, 1.807) is 0 Å². The molecule has 0 aromatic rings. The molecule has 2 saturated carbocycles. The predicted molar refractivity (Wildman–Crippen MR) is 60.1 cm³/mol. The van der Waals surface area contributed by atoms with E-state index in [1.807, 2.05) is 13.8 Å². The van der Waals surface area contributed by atoms with Crippen molar-refractivity contribution in [2.45, 2.75) is 45.2 Å². The van der Waals surface area contributed by atoms with E-state index in [4.69, 9.17) is 9.05 Å². The molecule has 0 spiro atoms. The molecule has 0 heterocycles. The Morgan fingerprint density at radius 1 is 1.13 bits per heavy atom. The molecule has 0 radical (unpaired) electrons. The Labute approximate surface area is 92.1 Å². The van der Waals surface area contributed by atoms with E-state index in [1.165, 1.54) is 19.3 Å². The van der Waals surface area contributed by atoms with Crippen LogP contribution in [0.3, 0.4) is 0 Å². The Morgan fingerprint density at radius 2 is 1.80 bits per heavy atom. The van der Waals surface area contributed by atoms with Gasteiger partial charge in [0.15, 0.2) is 0 Å². The molecule has 2 rings (SSSR count). The molecule has 0 aromatic carbocycles. The summed E-state index contributed by atoms with van der Waals surface area (Å²) in [6, 6.07) is 0. The Morgan fingerprint density at radius 3 is 2.20 bits per heavy atom. The van der Waals surface area contributed by atoms with Crippen molar-refractivity contribution in [2.75, 3.05) is 13.2 Å². The van der Waals surface area contributed by atoms with Crippen LogP contribution >= 0.6 is 7.60 Å². The molecule has 3 nitrogen and oxygen atoms in total. The zero-order chi connectivity index (χ0) is 10.9. The summed E-state index contributed by atoms with van der Waals surface area (Å²) >= 11 is 0. The smallest absolute Gasteiger partial charge is 0.309 e. The van der Waals surface area contributed by atoms with Gasteiger partial charge in [-0.15, -0.1) is 0 Å². The second kappa shape index (κ2) is 4.57. The zero-order valence-electron chi connectivity index (χ0n) is 9.65. The first-order valence-electron chi connectivity index (χ1n) is 6.08. The SMILES string of the molecule is CCOP(=O)(OCC)C1CC2CCC1C2. The summed E-state index contributed by atoms with van der Waals surface area (Å²) in [5.74, 6) is 1.38. The van der Waals surface area contributed by atoms with Crippen LogP contribution in [0.4, 0.5) is 0 Å². The van der Waals surface area contributed by atoms with E-state index in [9.17, 15) is 4.57 Å². The Kier molecular flexibility index (Phi) is 3.54. The maximum Gasteiger partial charge on any atom is 0.333 e. The molecule has 0 saturated heterocycles. The number of rotatable bonds is 5. The predicted octanol–water partition coefficient (Wildman–Crippen LogP) is 3.44. The van der Waals surface area contributed by atoms with Gasteiger partial charge in [0.1, 0.15) is 0 Å². The van der Waals surface area contributed by atoms with Crippen molar-refractivity contribution in [1.82, 2.24) is 0 Å². The monoisotopic (exact) mass is 232 g/mol. The molecular weight excluding hydrogens is 211 g/mol. The number of hydrogen-bond acceptors (Lipinski definition) is 3. The van der Waals surface area contributed by atoms with Gasteiger partial charge < -0.3 is 9.05 Å². The van der Waals surface area contributed by atoms with Gasteiger partial charge in [-0.3, -0.25) is 4.57 Å². The van der Waals surface area contributed by atoms with Crippen LogP contribution in [0.5, 0.6) is 0 Å². The maximum absolute atomic E-state index is 12.6. The highest BCUT2D eigenvalue weighted by Crippen LogP contribution is 2.64. The third kappa shape index (κ3) is 2.15. The van der Waals surface area contributed by atoms with Crippen LogP contribution in [0.25, 0.3) is 0 Å². The molecule has 3 unspecified atom stereocenters. The second-order valence-electron chi connectivity index (χ2n) is 4.62. The summed E-state index contributed by atoms with van der Waals surface area (Å²) in [6.45, 7) is 4.76. The second-order valence-corrected chi connectivity index (χ2v) is 6.88. The maximum atomic E-state index is 12.6. The lowest BCUT2D eigenvalue weighted by Gasteiger charge is -2.29. The van der Waals surface area contributed by atoms with Gasteiger partial charge in [-0.05, 0) is 44.9 Å². The third-order valence-corrected chi connectivity index (χ3v) is 6.41. The molecule has 0 aromatic heterocycles. The van der Waals surface area contributed by atoms with Crippen LogP contribution in [0.15, 0.2) is 0 Å². The van der Waals surface area contributed by atoms with Crippen molar-refractivity contribution in [2.24, 2.45) is 11.8 Å². The van der Waals surface area contributed by atoms with Gasteiger partial charge in [0.05, 0.1) is 18.9 Å². The van der Waals surface area contributed by atoms with Crippen LogP contribution in [0, 0.1) is 11.8 Å². The quantitative estimate of drug-likeness (QED) is 0.681. The minimum atomic E-state index is -2.81. The average molecular weight is 232 g/mol. The molecule has 3 atom stereocenters. The van der Waals surface area contributed by atoms with Crippen LogP contribution in [0.1, 0.15) is 39.5 Å². The van der Waals surface area contributed by atoms with E-state index < -0.39 is 7.60 Å². The molecule has 15 heavy (non-hydrogen) atoms.